The Balaban J connectivity index is 1.78. The maximum Gasteiger partial charge on any atom is 0.263 e. The zero-order valence-electron chi connectivity index (χ0n) is 31.9. The van der Waals surface area contributed by atoms with Gasteiger partial charge < -0.3 is 0 Å². The number of aryl methyl sites for hydroxylation is 1. The van der Waals surface area contributed by atoms with E-state index in [2.05, 4.69) is 43.7 Å². The molecule has 62 heavy (non-hydrogen) atoms. The summed E-state index contributed by atoms with van der Waals surface area (Å²) in [6, 6.07) is 32.4. The first-order chi connectivity index (χ1) is 30.1. The molecule has 0 spiro atoms. The summed E-state index contributed by atoms with van der Waals surface area (Å²) in [7, 11) is 0. The average molecular weight is 797 g/mol. The Morgan fingerprint density at radius 3 is 1.60 bits per heavy atom. The molecule has 7 rings (SSSR count). The summed E-state index contributed by atoms with van der Waals surface area (Å²) in [5, 5.41) is 64.6. The minimum absolute atomic E-state index is 0.00136. The van der Waals surface area contributed by atoms with Crippen LogP contribution < -0.4 is 0 Å². The number of hydrogen-bond acceptors (Lipinski definition) is 6. The van der Waals surface area contributed by atoms with Gasteiger partial charge in [0.1, 0.15) is 18.2 Å². The second kappa shape index (κ2) is 16.0. The van der Waals surface area contributed by atoms with Crippen LogP contribution in [0.25, 0.3) is 64.2 Å². The van der Waals surface area contributed by atoms with E-state index < -0.39 is 6.43 Å². The van der Waals surface area contributed by atoms with Crippen LogP contribution in [0, 0.1) is 101 Å². The first-order valence-corrected chi connectivity index (χ1v) is 18.0. The highest BCUT2D eigenvalue weighted by molar-refractivity contribution is 6.35. The molecule has 0 unspecified atom stereocenters. The topological polar surface area (TPSA) is 160 Å². The number of fused-ring (bicyclic) bond motifs is 2. The van der Waals surface area contributed by atoms with Crippen LogP contribution in [0.4, 0.5) is 20.2 Å². The lowest BCUT2D eigenvalue weighted by Crippen LogP contribution is -2.05. The molecule has 0 saturated carbocycles. The maximum atomic E-state index is 13.8. The van der Waals surface area contributed by atoms with Gasteiger partial charge in [0.2, 0.25) is 11.4 Å². The number of benzene rings is 5. The third-order valence-corrected chi connectivity index (χ3v) is 10.3. The Bertz CT molecular complexity index is 3410. The summed E-state index contributed by atoms with van der Waals surface area (Å²) in [4.78, 5) is 14.7. The van der Waals surface area contributed by atoms with Crippen LogP contribution in [0.2, 0.25) is 0 Å². The molecule has 0 atom stereocenters. The van der Waals surface area contributed by atoms with Gasteiger partial charge in [-0.2, -0.15) is 31.6 Å². The van der Waals surface area contributed by atoms with Gasteiger partial charge in [0.25, 0.3) is 6.43 Å². The molecule has 2 aliphatic carbocycles. The van der Waals surface area contributed by atoms with Crippen LogP contribution in [0.5, 0.6) is 0 Å². The van der Waals surface area contributed by atoms with Crippen molar-refractivity contribution in [1.82, 2.24) is 0 Å². The molecule has 0 heterocycles. The van der Waals surface area contributed by atoms with Gasteiger partial charge in [-0.1, -0.05) is 72.3 Å². The van der Waals surface area contributed by atoms with Crippen LogP contribution in [-0.4, -0.2) is 0 Å². The lowest BCUT2D eigenvalue weighted by atomic mass is 9.81. The number of alkyl halides is 2. The van der Waals surface area contributed by atoms with Gasteiger partial charge in [-0.15, -0.1) is 0 Å². The molecule has 2 aliphatic rings. The van der Waals surface area contributed by atoms with E-state index in [0.29, 0.717) is 5.56 Å². The van der Waals surface area contributed by atoms with Gasteiger partial charge in [0.05, 0.1) is 77.9 Å². The molecule has 0 N–H and O–H groups in total. The molecule has 0 aliphatic heterocycles. The Hall–Kier alpha value is -10.2. The van der Waals surface area contributed by atoms with Crippen LogP contribution in [0.1, 0.15) is 84.3 Å². The van der Waals surface area contributed by atoms with Gasteiger partial charge in [0, 0.05) is 22.3 Å². The highest BCUT2D eigenvalue weighted by Crippen LogP contribution is 2.60. The molecule has 5 aromatic carbocycles. The molecule has 0 bridgehead atoms. The Morgan fingerprint density at radius 2 is 1.11 bits per heavy atom. The Labute approximate surface area is 353 Å². The largest absolute Gasteiger partial charge is 0.263 e. The molecule has 10 nitrogen and oxygen atoms in total. The summed E-state index contributed by atoms with van der Waals surface area (Å²) >= 11 is 0. The molecule has 0 amide bonds. The van der Waals surface area contributed by atoms with Crippen molar-refractivity contribution in [3.05, 3.63) is 208 Å². The molecule has 0 radical (unpaired) electrons. The summed E-state index contributed by atoms with van der Waals surface area (Å²) in [6.07, 6.45) is -2.86. The fraction of sp³-hybridized carbons (Fsp3) is 0.0400. The van der Waals surface area contributed by atoms with Crippen molar-refractivity contribution in [2.24, 2.45) is 0 Å². The number of hydrogen-bond donors (Lipinski definition) is 0. The first kappa shape index (κ1) is 40.0. The molecule has 0 fully saturated rings. The molecule has 12 heteroatoms. The van der Waals surface area contributed by atoms with E-state index in [1.54, 1.807) is 24.3 Å². The maximum absolute atomic E-state index is 13.8. The van der Waals surface area contributed by atoms with E-state index in [0.717, 1.165) is 17.7 Å². The Kier molecular flexibility index (Phi) is 10.3. The van der Waals surface area contributed by atoms with Gasteiger partial charge in [-0.25, -0.2) is 28.2 Å². The van der Waals surface area contributed by atoms with E-state index in [4.69, 9.17) is 26.3 Å². The zero-order chi connectivity index (χ0) is 44.4. The standard InChI is InChI=1S/C50H18F2N10/c1-26-6-8-30(9-7-26)41-43(36(22-55)32-17-34(59-2)19-35(18-32)60-3)45-39(25-58)44-42(38(24-57)46(45)49(41)62-5)37(23-56)40(29-10-12-31(13-11-29)50(51)52)47(44)48(61-4)33-15-27(20-53)14-28(16-33)21-54/h6-19,50H,1H3/b43-36+,48-47-. The van der Waals surface area contributed by atoms with Crippen molar-refractivity contribution >= 4 is 56.2 Å². The molecule has 5 aromatic rings. The van der Waals surface area contributed by atoms with Crippen LogP contribution >= 0.6 is 0 Å². The van der Waals surface area contributed by atoms with Crippen molar-refractivity contribution < 1.29 is 8.78 Å². The SMILES string of the molecule is [C-]#[N+]C1=C(c2ccc(C)cc2)/C(=C(/C#N)c2cc([N+]#[C-])cc([N+]#[C-])c2)c2c(C#N)c3c(c(C#N)c21)C(C#N)=C(c1ccc(C(F)F)cc1)/C3=C(/[N+]#[C-])c1cc(C#N)cc(C#N)c1. The Morgan fingerprint density at radius 1 is 0.565 bits per heavy atom. The molecular weight excluding hydrogens is 779 g/mol. The summed E-state index contributed by atoms with van der Waals surface area (Å²) < 4.78 is 27.7. The highest BCUT2D eigenvalue weighted by Gasteiger charge is 2.43. The highest BCUT2D eigenvalue weighted by atomic mass is 19.3. The van der Waals surface area contributed by atoms with Gasteiger partial charge in [-0.05, 0) is 75.2 Å². The van der Waals surface area contributed by atoms with Crippen molar-refractivity contribution in [2.75, 3.05) is 0 Å². The lowest BCUT2D eigenvalue weighted by Gasteiger charge is -2.19. The number of nitrogens with zero attached hydrogens (tertiary/aromatic N) is 10. The number of halogens is 2. The van der Waals surface area contributed by atoms with Crippen LogP contribution in [-0.2, 0) is 0 Å². The quantitative estimate of drug-likeness (QED) is 0.127. The minimum Gasteiger partial charge on any atom is -0.239 e. The fourth-order valence-corrected chi connectivity index (χ4v) is 7.79. The smallest absolute Gasteiger partial charge is 0.239 e. The van der Waals surface area contributed by atoms with Crippen molar-refractivity contribution in [2.45, 2.75) is 13.3 Å². The summed E-state index contributed by atoms with van der Waals surface area (Å²) in [6.45, 7) is 34.4. The monoisotopic (exact) mass is 796 g/mol. The lowest BCUT2D eigenvalue weighted by molar-refractivity contribution is 0.151. The van der Waals surface area contributed by atoms with E-state index in [1.165, 1.54) is 48.5 Å². The van der Waals surface area contributed by atoms with Gasteiger partial charge in [-0.3, -0.25) is 0 Å². The summed E-state index contributed by atoms with van der Waals surface area (Å²) in [5.74, 6) is 0. The minimum atomic E-state index is -2.86. The van der Waals surface area contributed by atoms with Crippen LogP contribution in [0.3, 0.4) is 0 Å². The van der Waals surface area contributed by atoms with Gasteiger partial charge >= 0.3 is 0 Å². The number of nitriles is 6. The average Bonchev–Trinajstić information content (AvgIpc) is 3.82. The molecule has 0 saturated heterocycles. The molecular formula is C50H18F2N10. The predicted molar refractivity (Wildman–Crippen MR) is 225 cm³/mol. The first-order valence-electron chi connectivity index (χ1n) is 18.0. The predicted octanol–water partition coefficient (Wildman–Crippen LogP) is 12.0. The van der Waals surface area contributed by atoms with E-state index >= 15 is 0 Å². The van der Waals surface area contributed by atoms with Gasteiger partial charge in [0.15, 0.2) is 11.4 Å². The fourth-order valence-electron chi connectivity index (χ4n) is 7.79. The molecule has 0 aromatic heterocycles. The third-order valence-electron chi connectivity index (χ3n) is 10.3. The zero-order valence-corrected chi connectivity index (χ0v) is 31.9. The van der Waals surface area contributed by atoms with E-state index in [1.807, 2.05) is 19.1 Å². The van der Waals surface area contributed by atoms with Crippen molar-refractivity contribution in [1.29, 1.82) is 31.6 Å². The second-order valence-electron chi connectivity index (χ2n) is 13.6. The number of allylic oxidation sites excluding steroid dienone is 6. The molecule has 282 valence electrons. The second-order valence-corrected chi connectivity index (χ2v) is 13.6. The number of rotatable bonds is 5. The summed E-state index contributed by atoms with van der Waals surface area (Å²) in [5.41, 5.74) is -0.599. The van der Waals surface area contributed by atoms with Crippen molar-refractivity contribution in [3.8, 4) is 36.4 Å². The third kappa shape index (κ3) is 6.25. The normalized spacial score (nSPS) is 13.6. The van der Waals surface area contributed by atoms with Crippen molar-refractivity contribution in [3.63, 3.8) is 0 Å². The van der Waals surface area contributed by atoms with E-state index in [-0.39, 0.29) is 123 Å². The van der Waals surface area contributed by atoms with Crippen LogP contribution in [0.15, 0.2) is 84.9 Å². The van der Waals surface area contributed by atoms with E-state index in [9.17, 15) is 40.4 Å².